The van der Waals surface area contributed by atoms with Crippen LogP contribution in [0.15, 0.2) is 66.8 Å². The van der Waals surface area contributed by atoms with Gasteiger partial charge in [0.1, 0.15) is 6.04 Å². The summed E-state index contributed by atoms with van der Waals surface area (Å²) < 4.78 is 79.3. The Morgan fingerprint density at radius 1 is 1.06 bits per heavy atom. The molecule has 2 unspecified atom stereocenters. The molecule has 0 amide bonds. The molecule has 3 N–H and O–H groups in total. The summed E-state index contributed by atoms with van der Waals surface area (Å²) in [6.07, 6.45) is -11.0. The molecule has 33 heavy (non-hydrogen) atoms. The van der Waals surface area contributed by atoms with Crippen LogP contribution in [0.1, 0.15) is 28.3 Å². The SMILES string of the molecule is C=C(/C=C(\c1cccc(C(F)(F)F)c1C)C(O)CNC(C(=O)O)c1ccccc1)C(F)(F)F. The van der Waals surface area contributed by atoms with E-state index < -0.39 is 53.7 Å². The number of hydrogen-bond acceptors (Lipinski definition) is 3. The molecule has 2 aromatic rings. The topological polar surface area (TPSA) is 69.6 Å². The first-order valence-corrected chi connectivity index (χ1v) is 9.57. The molecule has 178 valence electrons. The number of carboxylic acids is 1. The summed E-state index contributed by atoms with van der Waals surface area (Å²) in [5.41, 5.74) is -3.27. The normalized spacial score (nSPS) is 14.6. The van der Waals surface area contributed by atoms with Crippen LogP contribution in [0, 0.1) is 6.92 Å². The molecule has 0 saturated carbocycles. The number of rotatable bonds is 8. The highest BCUT2D eigenvalue weighted by Crippen LogP contribution is 2.37. The highest BCUT2D eigenvalue weighted by molar-refractivity contribution is 5.76. The standard InChI is InChI=1S/C23H21F6NO3/c1-13(22(24,25)26)11-17(16-9-6-10-18(14(16)2)23(27,28)29)19(31)12-30-20(21(32)33)15-7-4-3-5-8-15/h3-11,19-20,30-31H,1,12H2,2H3,(H,32,33)/b17-11+. The maximum Gasteiger partial charge on any atom is 0.416 e. The Hall–Kier alpha value is -3.11. The fourth-order valence-corrected chi connectivity index (χ4v) is 3.21. The molecular weight excluding hydrogens is 452 g/mol. The molecule has 0 fully saturated rings. The lowest BCUT2D eigenvalue weighted by molar-refractivity contribution is -0.140. The van der Waals surface area contributed by atoms with Crippen LogP contribution in [-0.4, -0.2) is 35.0 Å². The van der Waals surface area contributed by atoms with Crippen molar-refractivity contribution in [3.8, 4) is 0 Å². The van der Waals surface area contributed by atoms with Gasteiger partial charge in [0.05, 0.1) is 11.7 Å². The number of carbonyl (C=O) groups is 1. The Kier molecular flexibility index (Phi) is 8.10. The Labute approximate surface area is 185 Å². The van der Waals surface area contributed by atoms with Gasteiger partial charge in [0.25, 0.3) is 0 Å². The molecule has 0 bridgehead atoms. The van der Waals surface area contributed by atoms with E-state index in [-0.39, 0.29) is 11.1 Å². The molecule has 0 aliphatic heterocycles. The highest BCUT2D eigenvalue weighted by Gasteiger charge is 2.35. The zero-order valence-corrected chi connectivity index (χ0v) is 17.3. The van der Waals surface area contributed by atoms with Crippen molar-refractivity contribution in [2.24, 2.45) is 0 Å². The molecule has 2 rings (SSSR count). The van der Waals surface area contributed by atoms with Crippen molar-refractivity contribution in [3.05, 3.63) is 89.0 Å². The quantitative estimate of drug-likeness (QED) is 0.360. The summed E-state index contributed by atoms with van der Waals surface area (Å²) in [4.78, 5) is 11.6. The predicted octanol–water partition coefficient (Wildman–Crippen LogP) is 5.29. The number of halogens is 6. The van der Waals surface area contributed by atoms with Crippen LogP contribution < -0.4 is 5.32 Å². The molecule has 2 aromatic carbocycles. The second kappa shape index (κ2) is 10.2. The van der Waals surface area contributed by atoms with E-state index >= 15 is 0 Å². The van der Waals surface area contributed by atoms with Crippen molar-refractivity contribution in [2.75, 3.05) is 6.54 Å². The van der Waals surface area contributed by atoms with Crippen LogP contribution in [0.3, 0.4) is 0 Å². The predicted molar refractivity (Wildman–Crippen MR) is 110 cm³/mol. The number of benzene rings is 2. The molecular formula is C23H21F6NO3. The molecule has 0 saturated heterocycles. The molecule has 0 spiro atoms. The summed E-state index contributed by atoms with van der Waals surface area (Å²) in [7, 11) is 0. The first-order chi connectivity index (χ1) is 15.2. The number of alkyl halides is 6. The van der Waals surface area contributed by atoms with Crippen LogP contribution in [0.25, 0.3) is 5.57 Å². The molecule has 4 nitrogen and oxygen atoms in total. The summed E-state index contributed by atoms with van der Waals surface area (Å²) in [5.74, 6) is -1.31. The van der Waals surface area contributed by atoms with E-state index in [0.29, 0.717) is 11.6 Å². The molecule has 0 aromatic heterocycles. The van der Waals surface area contributed by atoms with Gasteiger partial charge in [0, 0.05) is 12.1 Å². The number of aliphatic carboxylic acids is 1. The van der Waals surface area contributed by atoms with Gasteiger partial charge in [-0.2, -0.15) is 26.3 Å². The van der Waals surface area contributed by atoms with E-state index in [9.17, 15) is 41.4 Å². The molecule has 10 heteroatoms. The van der Waals surface area contributed by atoms with Gasteiger partial charge in [-0.1, -0.05) is 49.0 Å². The Morgan fingerprint density at radius 3 is 2.18 bits per heavy atom. The van der Waals surface area contributed by atoms with Crippen LogP contribution in [0.2, 0.25) is 0 Å². The van der Waals surface area contributed by atoms with Crippen LogP contribution in [0.5, 0.6) is 0 Å². The van der Waals surface area contributed by atoms with Crippen molar-refractivity contribution in [1.82, 2.24) is 5.32 Å². The Balaban J connectivity index is 2.46. The smallest absolute Gasteiger partial charge is 0.416 e. The Bertz CT molecular complexity index is 1030. The van der Waals surface area contributed by atoms with Gasteiger partial charge < -0.3 is 10.2 Å². The maximum absolute atomic E-state index is 13.3. The Morgan fingerprint density at radius 2 is 1.67 bits per heavy atom. The van der Waals surface area contributed by atoms with Gasteiger partial charge in [0.2, 0.25) is 0 Å². The zero-order valence-electron chi connectivity index (χ0n) is 17.3. The first-order valence-electron chi connectivity index (χ1n) is 9.57. The van der Waals surface area contributed by atoms with Gasteiger partial charge in [-0.05, 0) is 41.3 Å². The third kappa shape index (κ3) is 6.69. The lowest BCUT2D eigenvalue weighted by atomic mass is 9.91. The molecule has 0 aliphatic carbocycles. The second-order valence-electron chi connectivity index (χ2n) is 7.20. The van der Waals surface area contributed by atoms with E-state index in [0.717, 1.165) is 25.1 Å². The van der Waals surface area contributed by atoms with Crippen molar-refractivity contribution in [3.63, 3.8) is 0 Å². The number of nitrogens with one attached hydrogen (secondary N) is 1. The van der Waals surface area contributed by atoms with Gasteiger partial charge >= 0.3 is 18.3 Å². The van der Waals surface area contributed by atoms with Gasteiger partial charge in [-0.3, -0.25) is 10.1 Å². The van der Waals surface area contributed by atoms with E-state index in [1.807, 2.05) is 0 Å². The van der Waals surface area contributed by atoms with Crippen molar-refractivity contribution in [2.45, 2.75) is 31.4 Å². The van der Waals surface area contributed by atoms with Gasteiger partial charge in [0.15, 0.2) is 0 Å². The summed E-state index contributed by atoms with van der Waals surface area (Å²) >= 11 is 0. The van der Waals surface area contributed by atoms with Crippen LogP contribution in [-0.2, 0) is 11.0 Å². The third-order valence-corrected chi connectivity index (χ3v) is 4.90. The van der Waals surface area contributed by atoms with E-state index in [2.05, 4.69) is 11.9 Å². The van der Waals surface area contributed by atoms with E-state index in [4.69, 9.17) is 0 Å². The largest absolute Gasteiger partial charge is 0.480 e. The summed E-state index contributed by atoms with van der Waals surface area (Å²) in [6, 6.07) is 9.42. The van der Waals surface area contributed by atoms with E-state index in [1.165, 1.54) is 12.1 Å². The zero-order chi connectivity index (χ0) is 25.0. The van der Waals surface area contributed by atoms with Crippen LogP contribution in [0.4, 0.5) is 26.3 Å². The highest BCUT2D eigenvalue weighted by atomic mass is 19.4. The molecule has 0 aliphatic rings. The number of allylic oxidation sites excluding steroid dienone is 2. The first kappa shape index (κ1) is 26.1. The number of aliphatic hydroxyl groups is 1. The molecule has 0 heterocycles. The number of hydrogen-bond donors (Lipinski definition) is 3. The fourth-order valence-electron chi connectivity index (χ4n) is 3.21. The lowest BCUT2D eigenvalue weighted by Crippen LogP contribution is -2.35. The average Bonchev–Trinajstić information content (AvgIpc) is 2.71. The fraction of sp³-hybridized carbons (Fsp3) is 0.261. The lowest BCUT2D eigenvalue weighted by Gasteiger charge is -2.23. The maximum atomic E-state index is 13.3. The van der Waals surface area contributed by atoms with Crippen LogP contribution >= 0.6 is 0 Å². The van der Waals surface area contributed by atoms with E-state index in [1.54, 1.807) is 18.2 Å². The second-order valence-corrected chi connectivity index (χ2v) is 7.20. The number of carboxylic acid groups (broad SMARTS) is 1. The van der Waals surface area contributed by atoms with Crippen molar-refractivity contribution < 1.29 is 41.4 Å². The monoisotopic (exact) mass is 473 g/mol. The number of aliphatic hydroxyl groups excluding tert-OH is 1. The minimum atomic E-state index is -4.89. The summed E-state index contributed by atoms with van der Waals surface area (Å²) in [5, 5.41) is 22.7. The van der Waals surface area contributed by atoms with Gasteiger partial charge in [-0.15, -0.1) is 0 Å². The minimum Gasteiger partial charge on any atom is -0.480 e. The molecule has 2 atom stereocenters. The van der Waals surface area contributed by atoms with Crippen molar-refractivity contribution in [1.29, 1.82) is 0 Å². The third-order valence-electron chi connectivity index (χ3n) is 4.90. The average molecular weight is 473 g/mol. The van der Waals surface area contributed by atoms with Crippen molar-refractivity contribution >= 4 is 11.5 Å². The summed E-state index contributed by atoms with van der Waals surface area (Å²) in [6.45, 7) is 3.42. The minimum absolute atomic E-state index is 0.267. The van der Waals surface area contributed by atoms with Gasteiger partial charge in [-0.25, -0.2) is 0 Å². The molecule has 0 radical (unpaired) electrons.